The molecule has 0 bridgehead atoms. The topological polar surface area (TPSA) is 17.8 Å². The van der Waals surface area contributed by atoms with E-state index in [0.717, 1.165) is 23.4 Å². The van der Waals surface area contributed by atoms with E-state index in [-0.39, 0.29) is 0 Å². The van der Waals surface area contributed by atoms with E-state index in [0.29, 0.717) is 5.15 Å². The summed E-state index contributed by atoms with van der Waals surface area (Å²) in [5.41, 5.74) is 1.04. The van der Waals surface area contributed by atoms with Gasteiger partial charge in [-0.2, -0.15) is 0 Å². The number of unbranched alkanes of at least 4 members (excludes halogenated alkanes) is 1. The van der Waals surface area contributed by atoms with Crippen molar-refractivity contribution in [3.05, 3.63) is 15.6 Å². The molecular weight excluding hydrogens is 239 g/mol. The predicted octanol–water partition coefficient (Wildman–Crippen LogP) is 3.41. The predicted molar refractivity (Wildman–Crippen MR) is 54.6 cm³/mol. The second-order valence-electron chi connectivity index (χ2n) is 2.76. The fourth-order valence-corrected chi connectivity index (χ4v) is 1.95. The van der Waals surface area contributed by atoms with Crippen molar-refractivity contribution in [2.75, 3.05) is 0 Å². The lowest BCUT2D eigenvalue weighted by Crippen LogP contribution is -1.99. The van der Waals surface area contributed by atoms with E-state index in [1.807, 2.05) is 6.92 Å². The molecule has 1 aromatic heterocycles. The normalized spacial score (nSPS) is 10.7. The Bertz CT molecular complexity index is 270. The van der Waals surface area contributed by atoms with Crippen molar-refractivity contribution in [2.24, 2.45) is 0 Å². The lowest BCUT2D eigenvalue weighted by molar-refractivity contribution is 0.608. The number of imidazole rings is 1. The van der Waals surface area contributed by atoms with E-state index in [2.05, 4.69) is 32.4 Å². The Morgan fingerprint density at radius 3 is 2.67 bits per heavy atom. The van der Waals surface area contributed by atoms with Gasteiger partial charge in [-0.25, -0.2) is 4.98 Å². The Morgan fingerprint density at radius 2 is 2.25 bits per heavy atom. The number of rotatable bonds is 3. The van der Waals surface area contributed by atoms with Crippen molar-refractivity contribution in [3.63, 3.8) is 0 Å². The van der Waals surface area contributed by atoms with Crippen LogP contribution in [0.5, 0.6) is 0 Å². The Morgan fingerprint density at radius 1 is 1.58 bits per heavy atom. The van der Waals surface area contributed by atoms with Crippen LogP contribution in [-0.4, -0.2) is 9.55 Å². The Kier molecular flexibility index (Phi) is 3.59. The smallest absolute Gasteiger partial charge is 0.178 e. The molecule has 4 heteroatoms. The molecule has 12 heavy (non-hydrogen) atoms. The third-order valence-electron chi connectivity index (χ3n) is 1.85. The van der Waals surface area contributed by atoms with Crippen LogP contribution in [0.25, 0.3) is 0 Å². The maximum absolute atomic E-state index is 5.85. The molecule has 0 saturated carbocycles. The maximum Gasteiger partial charge on any atom is 0.178 e. The van der Waals surface area contributed by atoms with E-state index < -0.39 is 0 Å². The van der Waals surface area contributed by atoms with E-state index in [9.17, 15) is 0 Å². The molecule has 0 unspecified atom stereocenters. The zero-order chi connectivity index (χ0) is 9.14. The molecule has 0 fully saturated rings. The molecule has 0 amide bonds. The van der Waals surface area contributed by atoms with Crippen LogP contribution in [0.2, 0.25) is 5.15 Å². The Labute approximate surface area is 86.1 Å². The van der Waals surface area contributed by atoms with Gasteiger partial charge in [0.1, 0.15) is 0 Å². The van der Waals surface area contributed by atoms with E-state index >= 15 is 0 Å². The highest BCUT2D eigenvalue weighted by molar-refractivity contribution is 9.10. The first kappa shape index (κ1) is 10.1. The zero-order valence-electron chi connectivity index (χ0n) is 7.27. The van der Waals surface area contributed by atoms with Crippen LogP contribution in [0.3, 0.4) is 0 Å². The number of hydrogen-bond acceptors (Lipinski definition) is 1. The molecule has 2 nitrogen and oxygen atoms in total. The van der Waals surface area contributed by atoms with Crippen LogP contribution in [0.15, 0.2) is 4.73 Å². The van der Waals surface area contributed by atoms with Crippen LogP contribution in [0, 0.1) is 6.92 Å². The highest BCUT2D eigenvalue weighted by atomic mass is 79.9. The molecule has 0 aromatic carbocycles. The molecule has 0 aliphatic heterocycles. The van der Waals surface area contributed by atoms with Gasteiger partial charge in [-0.05, 0) is 29.3 Å². The average molecular weight is 252 g/mol. The van der Waals surface area contributed by atoms with Crippen molar-refractivity contribution in [3.8, 4) is 0 Å². The molecule has 0 aliphatic rings. The lowest BCUT2D eigenvalue weighted by atomic mass is 10.3. The van der Waals surface area contributed by atoms with Gasteiger partial charge in [0, 0.05) is 6.54 Å². The molecule has 0 saturated heterocycles. The first-order valence-corrected chi connectivity index (χ1v) is 5.22. The summed E-state index contributed by atoms with van der Waals surface area (Å²) in [4.78, 5) is 4.11. The van der Waals surface area contributed by atoms with Crippen LogP contribution < -0.4 is 0 Å². The summed E-state index contributed by atoms with van der Waals surface area (Å²) in [6, 6.07) is 0. The third-order valence-corrected chi connectivity index (χ3v) is 2.82. The fourth-order valence-electron chi connectivity index (χ4n) is 1.05. The molecule has 1 rings (SSSR count). The van der Waals surface area contributed by atoms with Gasteiger partial charge in [-0.3, -0.25) is 0 Å². The second kappa shape index (κ2) is 4.28. The standard InChI is InChI=1S/C8H12BrClN2/c1-3-4-5-12-6(2)7(10)11-8(12)9/h3-5H2,1-2H3. The number of halogens is 2. The monoisotopic (exact) mass is 250 g/mol. The van der Waals surface area contributed by atoms with E-state index in [1.54, 1.807) is 0 Å². The quantitative estimate of drug-likeness (QED) is 0.805. The molecule has 0 atom stereocenters. The van der Waals surface area contributed by atoms with Crippen molar-refractivity contribution >= 4 is 27.5 Å². The van der Waals surface area contributed by atoms with Gasteiger partial charge in [0.05, 0.1) is 5.69 Å². The SMILES string of the molecule is CCCCn1c(Br)nc(Cl)c1C. The summed E-state index contributed by atoms with van der Waals surface area (Å²) < 4.78 is 2.92. The van der Waals surface area contributed by atoms with Crippen LogP contribution in [0.4, 0.5) is 0 Å². The maximum atomic E-state index is 5.85. The number of hydrogen-bond donors (Lipinski definition) is 0. The van der Waals surface area contributed by atoms with Gasteiger partial charge in [0.25, 0.3) is 0 Å². The molecule has 1 heterocycles. The molecule has 0 N–H and O–H groups in total. The van der Waals surface area contributed by atoms with Crippen molar-refractivity contribution in [1.82, 2.24) is 9.55 Å². The average Bonchev–Trinajstić information content (AvgIpc) is 2.25. The van der Waals surface area contributed by atoms with Gasteiger partial charge in [-0.15, -0.1) is 0 Å². The minimum atomic E-state index is 0.595. The second-order valence-corrected chi connectivity index (χ2v) is 3.83. The van der Waals surface area contributed by atoms with Crippen molar-refractivity contribution < 1.29 is 0 Å². The van der Waals surface area contributed by atoms with Crippen molar-refractivity contribution in [1.29, 1.82) is 0 Å². The number of nitrogens with zero attached hydrogens (tertiary/aromatic N) is 2. The van der Waals surface area contributed by atoms with Crippen LogP contribution in [-0.2, 0) is 6.54 Å². The first-order chi connectivity index (χ1) is 5.66. The van der Waals surface area contributed by atoms with Crippen LogP contribution >= 0.6 is 27.5 Å². The molecule has 1 aromatic rings. The van der Waals surface area contributed by atoms with E-state index in [1.165, 1.54) is 6.42 Å². The number of aromatic nitrogens is 2. The fraction of sp³-hybridized carbons (Fsp3) is 0.625. The molecular formula is C8H12BrClN2. The molecule has 0 aliphatic carbocycles. The highest BCUT2D eigenvalue weighted by Gasteiger charge is 2.08. The third kappa shape index (κ3) is 2.02. The summed E-state index contributed by atoms with van der Waals surface area (Å²) >= 11 is 9.22. The van der Waals surface area contributed by atoms with Gasteiger partial charge >= 0.3 is 0 Å². The summed E-state index contributed by atoms with van der Waals surface area (Å²) in [6.07, 6.45) is 2.34. The minimum absolute atomic E-state index is 0.595. The van der Waals surface area contributed by atoms with Gasteiger partial charge in [-0.1, -0.05) is 24.9 Å². The minimum Gasteiger partial charge on any atom is -0.321 e. The van der Waals surface area contributed by atoms with Gasteiger partial charge in [0.2, 0.25) is 0 Å². The highest BCUT2D eigenvalue weighted by Crippen LogP contribution is 2.20. The summed E-state index contributed by atoms with van der Waals surface area (Å²) in [5, 5.41) is 0.595. The Hall–Kier alpha value is -0.0200. The largest absolute Gasteiger partial charge is 0.321 e. The first-order valence-electron chi connectivity index (χ1n) is 4.05. The van der Waals surface area contributed by atoms with E-state index in [4.69, 9.17) is 11.6 Å². The van der Waals surface area contributed by atoms with Gasteiger partial charge < -0.3 is 4.57 Å². The summed E-state index contributed by atoms with van der Waals surface area (Å²) in [5.74, 6) is 0. The van der Waals surface area contributed by atoms with Crippen LogP contribution in [0.1, 0.15) is 25.5 Å². The van der Waals surface area contributed by atoms with Gasteiger partial charge in [0.15, 0.2) is 9.89 Å². The summed E-state index contributed by atoms with van der Waals surface area (Å²) in [7, 11) is 0. The summed E-state index contributed by atoms with van der Waals surface area (Å²) in [6.45, 7) is 5.14. The molecule has 0 spiro atoms. The molecule has 0 radical (unpaired) electrons. The molecule has 68 valence electrons. The lowest BCUT2D eigenvalue weighted by Gasteiger charge is -2.04. The van der Waals surface area contributed by atoms with Crippen molar-refractivity contribution in [2.45, 2.75) is 33.2 Å². The Balaban J connectivity index is 2.82. The zero-order valence-corrected chi connectivity index (χ0v) is 9.61.